The summed E-state index contributed by atoms with van der Waals surface area (Å²) in [7, 11) is 1.66. The maximum atomic E-state index is 11.3. The fourth-order valence-corrected chi connectivity index (χ4v) is 3.02. The Kier molecular flexibility index (Phi) is 7.61. The number of nitrogens with one attached hydrogen (secondary N) is 1. The second-order valence-corrected chi connectivity index (χ2v) is 6.32. The molecule has 0 saturated heterocycles. The van der Waals surface area contributed by atoms with E-state index < -0.39 is 11.5 Å². The van der Waals surface area contributed by atoms with Crippen molar-refractivity contribution in [1.82, 2.24) is 5.32 Å². The van der Waals surface area contributed by atoms with E-state index in [-0.39, 0.29) is 0 Å². The summed E-state index contributed by atoms with van der Waals surface area (Å²) in [5, 5.41) is 12.3. The molecule has 1 aromatic rings. The predicted octanol–water partition coefficient (Wildman–Crippen LogP) is 3.41. The van der Waals surface area contributed by atoms with Gasteiger partial charge in [-0.25, -0.2) is 0 Å². The van der Waals surface area contributed by atoms with Gasteiger partial charge in [0.15, 0.2) is 0 Å². The largest absolute Gasteiger partial charge is 0.497 e. The van der Waals surface area contributed by atoms with E-state index in [1.807, 2.05) is 31.2 Å². The Balaban J connectivity index is 2.28. The number of unbranched alkanes of at least 4 members (excludes halogenated alkanes) is 1. The van der Waals surface area contributed by atoms with Crippen molar-refractivity contribution in [3.63, 3.8) is 0 Å². The number of ether oxygens (including phenoxy) is 1. The quantitative estimate of drug-likeness (QED) is 0.512. The first-order valence-electron chi connectivity index (χ1n) is 7.27. The van der Waals surface area contributed by atoms with Crippen LogP contribution in [0.5, 0.6) is 5.75 Å². The molecule has 0 heterocycles. The number of thioether (sulfide) groups is 1. The van der Waals surface area contributed by atoms with Crippen LogP contribution in [0, 0.1) is 0 Å². The molecule has 0 spiro atoms. The number of carboxylic acid groups (broad SMARTS) is 1. The van der Waals surface area contributed by atoms with Gasteiger partial charge in [-0.05, 0) is 56.3 Å². The number of aliphatic carboxylic acids is 1. The summed E-state index contributed by atoms with van der Waals surface area (Å²) in [4.78, 5) is 12.5. The highest BCUT2D eigenvalue weighted by molar-refractivity contribution is 7.99. The highest BCUT2D eigenvalue weighted by Gasteiger charge is 2.30. The molecule has 0 aliphatic rings. The molecule has 0 amide bonds. The standard InChI is InChI=1S/C16H25NO3S/c1-4-17-16(2,15(18)19)11-5-6-12-21-14-9-7-13(20-3)8-10-14/h7-10,17H,4-6,11-12H2,1-3H3,(H,18,19). The highest BCUT2D eigenvalue weighted by Crippen LogP contribution is 2.23. The van der Waals surface area contributed by atoms with Gasteiger partial charge in [-0.15, -0.1) is 11.8 Å². The summed E-state index contributed by atoms with van der Waals surface area (Å²) in [6.07, 6.45) is 2.56. The monoisotopic (exact) mass is 311 g/mol. The van der Waals surface area contributed by atoms with Crippen LogP contribution in [0.15, 0.2) is 29.2 Å². The fraction of sp³-hybridized carbons (Fsp3) is 0.562. The maximum Gasteiger partial charge on any atom is 0.323 e. The van der Waals surface area contributed by atoms with Gasteiger partial charge in [0.25, 0.3) is 0 Å². The molecule has 5 heteroatoms. The lowest BCUT2D eigenvalue weighted by atomic mass is 9.95. The third kappa shape index (κ3) is 5.98. The van der Waals surface area contributed by atoms with Gasteiger partial charge >= 0.3 is 5.97 Å². The van der Waals surface area contributed by atoms with Crippen LogP contribution >= 0.6 is 11.8 Å². The predicted molar refractivity (Wildman–Crippen MR) is 87.3 cm³/mol. The number of methoxy groups -OCH3 is 1. The summed E-state index contributed by atoms with van der Waals surface area (Å²) in [6, 6.07) is 8.00. The molecule has 0 aliphatic heterocycles. The van der Waals surface area contributed by atoms with Crippen LogP contribution in [0.25, 0.3) is 0 Å². The summed E-state index contributed by atoms with van der Waals surface area (Å²) in [5.41, 5.74) is -0.806. The van der Waals surface area contributed by atoms with E-state index in [1.165, 1.54) is 4.90 Å². The summed E-state index contributed by atoms with van der Waals surface area (Å²) < 4.78 is 5.12. The normalized spacial score (nSPS) is 13.7. The molecule has 0 aromatic heterocycles. The highest BCUT2D eigenvalue weighted by atomic mass is 32.2. The zero-order valence-corrected chi connectivity index (χ0v) is 13.8. The molecule has 1 rings (SSSR count). The van der Waals surface area contributed by atoms with E-state index in [0.29, 0.717) is 13.0 Å². The Labute approximate surface area is 131 Å². The Morgan fingerprint density at radius 2 is 2.00 bits per heavy atom. The fourth-order valence-electron chi connectivity index (χ4n) is 2.10. The lowest BCUT2D eigenvalue weighted by Gasteiger charge is -2.25. The summed E-state index contributed by atoms with van der Waals surface area (Å²) in [5.74, 6) is 1.09. The van der Waals surface area contributed by atoms with E-state index in [0.717, 1.165) is 24.3 Å². The van der Waals surface area contributed by atoms with Crippen molar-refractivity contribution in [2.75, 3.05) is 19.4 Å². The molecule has 1 atom stereocenters. The first-order chi connectivity index (χ1) is 10.0. The van der Waals surface area contributed by atoms with Crippen LogP contribution in [0.3, 0.4) is 0 Å². The second kappa shape index (κ2) is 8.95. The van der Waals surface area contributed by atoms with Gasteiger partial charge in [-0.1, -0.05) is 13.3 Å². The molecule has 0 fully saturated rings. The van der Waals surface area contributed by atoms with E-state index in [1.54, 1.807) is 25.8 Å². The number of benzene rings is 1. The third-order valence-electron chi connectivity index (χ3n) is 3.44. The molecular formula is C16H25NO3S. The SMILES string of the molecule is CCNC(C)(CCCCSc1ccc(OC)cc1)C(=O)O. The van der Waals surface area contributed by atoms with Gasteiger partial charge in [0.1, 0.15) is 11.3 Å². The molecule has 1 aromatic carbocycles. The topological polar surface area (TPSA) is 58.6 Å². The number of hydrogen-bond acceptors (Lipinski definition) is 4. The molecule has 4 nitrogen and oxygen atoms in total. The summed E-state index contributed by atoms with van der Waals surface area (Å²) in [6.45, 7) is 4.36. The van der Waals surface area contributed by atoms with Gasteiger partial charge in [0.2, 0.25) is 0 Å². The molecule has 0 radical (unpaired) electrons. The Morgan fingerprint density at radius 3 is 2.52 bits per heavy atom. The smallest absolute Gasteiger partial charge is 0.323 e. The van der Waals surface area contributed by atoms with Crippen molar-refractivity contribution in [3.05, 3.63) is 24.3 Å². The van der Waals surface area contributed by atoms with Gasteiger partial charge in [0.05, 0.1) is 7.11 Å². The lowest BCUT2D eigenvalue weighted by Crippen LogP contribution is -2.49. The van der Waals surface area contributed by atoms with Crippen molar-refractivity contribution in [1.29, 1.82) is 0 Å². The number of likely N-dealkylation sites (N-methyl/N-ethyl adjacent to an activating group) is 1. The lowest BCUT2D eigenvalue weighted by molar-refractivity contribution is -0.144. The minimum atomic E-state index is -0.806. The van der Waals surface area contributed by atoms with Gasteiger partial charge in [-0.2, -0.15) is 0 Å². The van der Waals surface area contributed by atoms with Crippen molar-refractivity contribution >= 4 is 17.7 Å². The van der Waals surface area contributed by atoms with Crippen molar-refractivity contribution in [3.8, 4) is 5.75 Å². The molecule has 0 bridgehead atoms. The van der Waals surface area contributed by atoms with E-state index in [4.69, 9.17) is 4.74 Å². The number of hydrogen-bond donors (Lipinski definition) is 2. The number of rotatable bonds is 10. The first kappa shape index (κ1) is 17.9. The van der Waals surface area contributed by atoms with Crippen LogP contribution in [0.2, 0.25) is 0 Å². The zero-order valence-electron chi connectivity index (χ0n) is 13.0. The van der Waals surface area contributed by atoms with Gasteiger partial charge in [0, 0.05) is 4.90 Å². The van der Waals surface area contributed by atoms with E-state index in [9.17, 15) is 9.90 Å². The Bertz CT molecular complexity index is 436. The second-order valence-electron chi connectivity index (χ2n) is 5.15. The Hall–Kier alpha value is -1.20. The third-order valence-corrected chi connectivity index (χ3v) is 4.54. The summed E-state index contributed by atoms with van der Waals surface area (Å²) >= 11 is 1.79. The van der Waals surface area contributed by atoms with Crippen LogP contribution in [-0.2, 0) is 4.79 Å². The van der Waals surface area contributed by atoms with Crippen molar-refractivity contribution in [2.45, 2.75) is 43.5 Å². The molecular weight excluding hydrogens is 286 g/mol. The van der Waals surface area contributed by atoms with Crippen LogP contribution < -0.4 is 10.1 Å². The number of carbonyl (C=O) groups is 1. The van der Waals surface area contributed by atoms with E-state index >= 15 is 0 Å². The molecule has 21 heavy (non-hydrogen) atoms. The van der Waals surface area contributed by atoms with E-state index in [2.05, 4.69) is 5.32 Å². The van der Waals surface area contributed by atoms with Crippen LogP contribution in [-0.4, -0.2) is 36.0 Å². The van der Waals surface area contributed by atoms with Crippen LogP contribution in [0.4, 0.5) is 0 Å². The molecule has 118 valence electrons. The average Bonchev–Trinajstić information content (AvgIpc) is 2.47. The average molecular weight is 311 g/mol. The maximum absolute atomic E-state index is 11.3. The molecule has 0 aliphatic carbocycles. The molecule has 1 unspecified atom stereocenters. The molecule has 0 saturated carbocycles. The number of carboxylic acids is 1. The minimum Gasteiger partial charge on any atom is -0.497 e. The Morgan fingerprint density at radius 1 is 1.33 bits per heavy atom. The zero-order chi connectivity index (χ0) is 15.7. The van der Waals surface area contributed by atoms with Gasteiger partial charge in [-0.3, -0.25) is 4.79 Å². The first-order valence-corrected chi connectivity index (χ1v) is 8.25. The van der Waals surface area contributed by atoms with Gasteiger partial charge < -0.3 is 15.2 Å². The molecule has 2 N–H and O–H groups in total. The minimum absolute atomic E-state index is 0.652. The van der Waals surface area contributed by atoms with Crippen LogP contribution in [0.1, 0.15) is 33.1 Å². The van der Waals surface area contributed by atoms with Crippen molar-refractivity contribution < 1.29 is 14.6 Å². The van der Waals surface area contributed by atoms with Crippen molar-refractivity contribution in [2.24, 2.45) is 0 Å².